The summed E-state index contributed by atoms with van der Waals surface area (Å²) in [6.45, 7) is 4.56. The van der Waals surface area contributed by atoms with Crippen molar-refractivity contribution >= 4 is 10.9 Å². The minimum Gasteiger partial charge on any atom is -0.361 e. The molecule has 1 aliphatic rings. The minimum absolute atomic E-state index is 0.934. The predicted octanol–water partition coefficient (Wildman–Crippen LogP) is 3.04. The van der Waals surface area contributed by atoms with Crippen LogP contribution in [0.2, 0.25) is 0 Å². The monoisotopic (exact) mass is 239 g/mol. The van der Waals surface area contributed by atoms with E-state index in [1.165, 1.54) is 5.39 Å². The van der Waals surface area contributed by atoms with Gasteiger partial charge in [-0.1, -0.05) is 30.8 Å². The Morgan fingerprint density at radius 3 is 2.56 bits per heavy atom. The van der Waals surface area contributed by atoms with E-state index in [2.05, 4.69) is 28.6 Å². The number of para-hydroxylation sites is 1. The zero-order chi connectivity index (χ0) is 12.8. The Morgan fingerprint density at radius 1 is 1.17 bits per heavy atom. The Labute approximate surface area is 108 Å². The summed E-state index contributed by atoms with van der Waals surface area (Å²) in [5, 5.41) is 1.20. The second kappa shape index (κ2) is 5.87. The average molecular weight is 239 g/mol. The fourth-order valence-corrected chi connectivity index (χ4v) is 1.69. The van der Waals surface area contributed by atoms with Crippen molar-refractivity contribution < 1.29 is 0 Å². The van der Waals surface area contributed by atoms with Crippen LogP contribution in [0.15, 0.2) is 67.8 Å². The van der Waals surface area contributed by atoms with Gasteiger partial charge in [-0.2, -0.15) is 0 Å². The number of aromatic nitrogens is 1. The van der Waals surface area contributed by atoms with E-state index in [-0.39, 0.29) is 0 Å². The second-order valence-electron chi connectivity index (χ2n) is 4.09. The molecule has 0 spiro atoms. The molecule has 0 fully saturated rings. The molecule has 3 nitrogen and oxygen atoms in total. The Bertz CT molecular complexity index is 483. The van der Waals surface area contributed by atoms with Crippen LogP contribution in [0, 0.1) is 0 Å². The Hall–Kier alpha value is -2.29. The van der Waals surface area contributed by atoms with Crippen LogP contribution >= 0.6 is 0 Å². The maximum Gasteiger partial charge on any atom is 0.0932 e. The highest BCUT2D eigenvalue weighted by atomic mass is 15.3. The van der Waals surface area contributed by atoms with Crippen LogP contribution in [0.1, 0.15) is 0 Å². The summed E-state index contributed by atoms with van der Waals surface area (Å²) in [6, 6.07) is 12.1. The minimum atomic E-state index is 0.934. The molecule has 0 atom stereocenters. The molecule has 0 N–H and O–H groups in total. The van der Waals surface area contributed by atoms with Crippen molar-refractivity contribution in [3.05, 3.63) is 67.8 Å². The Kier molecular flexibility index (Phi) is 3.97. The first kappa shape index (κ1) is 12.2. The molecule has 1 aliphatic heterocycles. The van der Waals surface area contributed by atoms with Crippen LogP contribution in [0.25, 0.3) is 10.9 Å². The smallest absolute Gasteiger partial charge is 0.0932 e. The molecular weight excluding hydrogens is 222 g/mol. The number of fused-ring (bicyclic) bond motifs is 1. The molecule has 2 aromatic rings. The molecule has 3 rings (SSSR count). The summed E-state index contributed by atoms with van der Waals surface area (Å²) in [4.78, 5) is 8.28. The van der Waals surface area contributed by atoms with E-state index in [0.29, 0.717) is 0 Å². The zero-order valence-corrected chi connectivity index (χ0v) is 10.5. The van der Waals surface area contributed by atoms with Crippen molar-refractivity contribution in [2.24, 2.45) is 0 Å². The van der Waals surface area contributed by atoms with Crippen LogP contribution in [-0.2, 0) is 0 Å². The van der Waals surface area contributed by atoms with Gasteiger partial charge in [0.25, 0.3) is 0 Å². The highest BCUT2D eigenvalue weighted by molar-refractivity contribution is 5.77. The topological polar surface area (TPSA) is 19.4 Å². The standard InChI is InChI=1S/C9H7N.C6H10N2/c1-2-6-9-8(4-1)5-3-7-10-9;1-3-8-5-4-7(2)6-8/h1-7H;3-5H,1,6H2,2H3. The largest absolute Gasteiger partial charge is 0.361 e. The lowest BCUT2D eigenvalue weighted by Crippen LogP contribution is -2.16. The predicted molar refractivity (Wildman–Crippen MR) is 75.5 cm³/mol. The fraction of sp³-hybridized carbons (Fsp3) is 0.133. The summed E-state index contributed by atoms with van der Waals surface area (Å²) < 4.78 is 0. The molecule has 0 radical (unpaired) electrons. The molecule has 0 unspecified atom stereocenters. The molecule has 0 bridgehead atoms. The molecular formula is C15H17N3. The van der Waals surface area contributed by atoms with Crippen molar-refractivity contribution in [1.29, 1.82) is 0 Å². The number of benzene rings is 1. The number of pyridine rings is 1. The third-order valence-corrected chi connectivity index (χ3v) is 2.65. The van der Waals surface area contributed by atoms with Crippen LogP contribution < -0.4 is 0 Å². The van der Waals surface area contributed by atoms with E-state index in [4.69, 9.17) is 0 Å². The number of rotatable bonds is 1. The van der Waals surface area contributed by atoms with E-state index in [9.17, 15) is 0 Å². The lowest BCUT2D eigenvalue weighted by Gasteiger charge is -2.11. The normalized spacial score (nSPS) is 13.4. The van der Waals surface area contributed by atoms with Crippen LogP contribution in [-0.4, -0.2) is 28.5 Å². The zero-order valence-electron chi connectivity index (χ0n) is 10.5. The first-order valence-corrected chi connectivity index (χ1v) is 5.86. The Balaban J connectivity index is 0.000000138. The first-order chi connectivity index (χ1) is 8.79. The molecule has 92 valence electrons. The molecule has 3 heteroatoms. The van der Waals surface area contributed by atoms with Gasteiger partial charge in [0.15, 0.2) is 0 Å². The van der Waals surface area contributed by atoms with Crippen LogP contribution in [0.5, 0.6) is 0 Å². The molecule has 1 aromatic heterocycles. The highest BCUT2D eigenvalue weighted by Gasteiger charge is 2.01. The molecule has 1 aromatic carbocycles. The van der Waals surface area contributed by atoms with Gasteiger partial charge < -0.3 is 9.80 Å². The van der Waals surface area contributed by atoms with Gasteiger partial charge in [-0.25, -0.2) is 0 Å². The van der Waals surface area contributed by atoms with E-state index in [1.807, 2.05) is 54.8 Å². The van der Waals surface area contributed by atoms with Crippen LogP contribution in [0.4, 0.5) is 0 Å². The SMILES string of the molecule is C=CN1C=CN(C)C1.c1ccc2ncccc2c1. The van der Waals surface area contributed by atoms with Crippen molar-refractivity contribution in [1.82, 2.24) is 14.8 Å². The first-order valence-electron chi connectivity index (χ1n) is 5.86. The Morgan fingerprint density at radius 2 is 1.94 bits per heavy atom. The van der Waals surface area contributed by atoms with Crippen molar-refractivity contribution in [2.75, 3.05) is 13.7 Å². The van der Waals surface area contributed by atoms with E-state index >= 15 is 0 Å². The van der Waals surface area contributed by atoms with Gasteiger partial charge in [0.1, 0.15) is 0 Å². The van der Waals surface area contributed by atoms with Gasteiger partial charge in [-0.3, -0.25) is 4.98 Å². The maximum absolute atomic E-state index is 4.18. The quantitative estimate of drug-likeness (QED) is 0.762. The van der Waals surface area contributed by atoms with E-state index in [0.717, 1.165) is 12.2 Å². The van der Waals surface area contributed by atoms with Crippen molar-refractivity contribution in [2.45, 2.75) is 0 Å². The number of nitrogens with zero attached hydrogens (tertiary/aromatic N) is 3. The fourth-order valence-electron chi connectivity index (χ4n) is 1.69. The molecule has 18 heavy (non-hydrogen) atoms. The average Bonchev–Trinajstić information content (AvgIpc) is 2.86. The molecule has 0 amide bonds. The summed E-state index contributed by atoms with van der Waals surface area (Å²) in [6.07, 6.45) is 7.62. The van der Waals surface area contributed by atoms with Gasteiger partial charge in [0, 0.05) is 31.0 Å². The highest BCUT2D eigenvalue weighted by Crippen LogP contribution is 2.07. The second-order valence-corrected chi connectivity index (χ2v) is 4.09. The van der Waals surface area contributed by atoms with Crippen molar-refractivity contribution in [3.8, 4) is 0 Å². The summed E-state index contributed by atoms with van der Waals surface area (Å²) in [5.41, 5.74) is 1.06. The lowest BCUT2D eigenvalue weighted by molar-refractivity contribution is 0.364. The van der Waals surface area contributed by atoms with Gasteiger partial charge in [0.2, 0.25) is 0 Å². The third-order valence-electron chi connectivity index (χ3n) is 2.65. The van der Waals surface area contributed by atoms with Gasteiger partial charge >= 0.3 is 0 Å². The van der Waals surface area contributed by atoms with E-state index in [1.54, 1.807) is 6.20 Å². The molecule has 0 saturated heterocycles. The van der Waals surface area contributed by atoms with Gasteiger partial charge in [-0.15, -0.1) is 0 Å². The number of hydrogen-bond donors (Lipinski definition) is 0. The third kappa shape index (κ3) is 3.10. The molecule has 2 heterocycles. The van der Waals surface area contributed by atoms with Crippen LogP contribution in [0.3, 0.4) is 0 Å². The maximum atomic E-state index is 4.18. The number of hydrogen-bond acceptors (Lipinski definition) is 3. The summed E-state index contributed by atoms with van der Waals surface area (Å²) in [7, 11) is 2.03. The van der Waals surface area contributed by atoms with Gasteiger partial charge in [-0.05, 0) is 18.3 Å². The van der Waals surface area contributed by atoms with Crippen molar-refractivity contribution in [3.63, 3.8) is 0 Å². The molecule has 0 saturated carbocycles. The molecule has 0 aliphatic carbocycles. The summed E-state index contributed by atoms with van der Waals surface area (Å²) >= 11 is 0. The van der Waals surface area contributed by atoms with Gasteiger partial charge in [0.05, 0.1) is 12.2 Å². The summed E-state index contributed by atoms with van der Waals surface area (Å²) in [5.74, 6) is 0. The van der Waals surface area contributed by atoms with E-state index < -0.39 is 0 Å². The lowest BCUT2D eigenvalue weighted by atomic mass is 10.2.